The second-order valence-electron chi connectivity index (χ2n) is 10.4. The van der Waals surface area contributed by atoms with E-state index in [2.05, 4.69) is 36.2 Å². The van der Waals surface area contributed by atoms with Crippen molar-refractivity contribution in [3.63, 3.8) is 0 Å². The highest BCUT2D eigenvalue weighted by Crippen LogP contribution is 2.31. The standard InChI is InChI=1S/C29H28F3N3O4/c1-28(2,3)21-12-8-19(9-13-21)25(36)33-23(27(37)38)16-17-4-6-18(7-5-17)24-34-26(39-35-24)20-10-14-22(15-11-20)29(30,31)32/h4,6-15,17,23H,5,16H2,1-3H3,(H,33,36)(H,37,38)/t17?,23-/m0/s1. The van der Waals surface area contributed by atoms with E-state index in [1.54, 1.807) is 18.2 Å². The SMILES string of the molecule is CC(C)(C)c1ccc(C(=O)N[C@@H](CC2C=CC(c3noc(-c4ccc(C(F)(F)F)cc4)n3)=CC2)C(=O)O)cc1. The van der Waals surface area contributed by atoms with Gasteiger partial charge >= 0.3 is 12.1 Å². The number of hydrogen-bond donors (Lipinski definition) is 2. The second kappa shape index (κ2) is 10.9. The van der Waals surface area contributed by atoms with Gasteiger partial charge in [-0.3, -0.25) is 4.79 Å². The molecule has 39 heavy (non-hydrogen) atoms. The quantitative estimate of drug-likeness (QED) is 0.366. The predicted molar refractivity (Wildman–Crippen MR) is 139 cm³/mol. The van der Waals surface area contributed by atoms with Crippen molar-refractivity contribution in [2.24, 2.45) is 5.92 Å². The summed E-state index contributed by atoms with van der Waals surface area (Å²) in [4.78, 5) is 28.8. The molecule has 0 radical (unpaired) electrons. The number of hydrogen-bond acceptors (Lipinski definition) is 5. The lowest BCUT2D eigenvalue weighted by Crippen LogP contribution is -2.42. The number of aromatic nitrogens is 2. The Labute approximate surface area is 223 Å². The van der Waals surface area contributed by atoms with Gasteiger partial charge in [-0.2, -0.15) is 18.2 Å². The number of carbonyl (C=O) groups is 2. The Morgan fingerprint density at radius 1 is 1.05 bits per heavy atom. The van der Waals surface area contributed by atoms with Crippen molar-refractivity contribution in [1.29, 1.82) is 0 Å². The van der Waals surface area contributed by atoms with Crippen LogP contribution in [0.5, 0.6) is 0 Å². The van der Waals surface area contributed by atoms with Crippen LogP contribution in [0, 0.1) is 5.92 Å². The number of halogens is 3. The third kappa shape index (κ3) is 6.81. The van der Waals surface area contributed by atoms with Crippen LogP contribution < -0.4 is 5.32 Å². The largest absolute Gasteiger partial charge is 0.480 e. The molecule has 3 aromatic rings. The van der Waals surface area contributed by atoms with Crippen LogP contribution in [0.1, 0.15) is 60.9 Å². The van der Waals surface area contributed by atoms with E-state index in [9.17, 15) is 27.9 Å². The third-order valence-electron chi connectivity index (χ3n) is 6.49. The van der Waals surface area contributed by atoms with Crippen molar-refractivity contribution in [2.75, 3.05) is 0 Å². The molecule has 1 unspecified atom stereocenters. The monoisotopic (exact) mass is 539 g/mol. The van der Waals surface area contributed by atoms with Crippen LogP contribution in [0.15, 0.2) is 71.3 Å². The molecule has 0 fully saturated rings. The smallest absolute Gasteiger partial charge is 0.416 e. The molecule has 0 saturated heterocycles. The van der Waals surface area contributed by atoms with Crippen molar-refractivity contribution >= 4 is 17.4 Å². The number of carboxylic acid groups (broad SMARTS) is 1. The summed E-state index contributed by atoms with van der Waals surface area (Å²) >= 11 is 0. The molecular formula is C29H28F3N3O4. The van der Waals surface area contributed by atoms with E-state index in [0.29, 0.717) is 23.1 Å². The van der Waals surface area contributed by atoms with E-state index in [1.807, 2.05) is 24.3 Å². The van der Waals surface area contributed by atoms with E-state index in [1.165, 1.54) is 12.1 Å². The molecule has 4 rings (SSSR count). The van der Waals surface area contributed by atoms with Gasteiger partial charge in [0, 0.05) is 16.7 Å². The fourth-order valence-electron chi connectivity index (χ4n) is 4.15. The van der Waals surface area contributed by atoms with E-state index in [4.69, 9.17) is 4.52 Å². The average molecular weight is 540 g/mol. The molecule has 1 aliphatic rings. The molecule has 2 aromatic carbocycles. The minimum absolute atomic E-state index is 0.0659. The first-order valence-corrected chi connectivity index (χ1v) is 12.4. The second-order valence-corrected chi connectivity index (χ2v) is 10.4. The van der Waals surface area contributed by atoms with Gasteiger partial charge in [0.15, 0.2) is 0 Å². The Bertz CT molecular complexity index is 1400. The highest BCUT2D eigenvalue weighted by atomic mass is 19.4. The van der Waals surface area contributed by atoms with Crippen molar-refractivity contribution in [2.45, 2.75) is 51.2 Å². The number of alkyl halides is 3. The number of aliphatic carboxylic acids is 1. The zero-order valence-electron chi connectivity index (χ0n) is 21.6. The maximum Gasteiger partial charge on any atom is 0.416 e. The average Bonchev–Trinajstić information content (AvgIpc) is 3.38. The van der Waals surface area contributed by atoms with Gasteiger partial charge in [-0.1, -0.05) is 56.3 Å². The summed E-state index contributed by atoms with van der Waals surface area (Å²) in [7, 11) is 0. The first-order chi connectivity index (χ1) is 18.3. The number of carbonyl (C=O) groups excluding carboxylic acids is 1. The summed E-state index contributed by atoms with van der Waals surface area (Å²) in [5.41, 5.74) is 1.61. The predicted octanol–water partition coefficient (Wildman–Crippen LogP) is 6.29. The molecule has 1 aromatic heterocycles. The lowest BCUT2D eigenvalue weighted by Gasteiger charge is -2.21. The molecule has 204 valence electrons. The molecule has 2 N–H and O–H groups in total. The zero-order chi connectivity index (χ0) is 28.4. The summed E-state index contributed by atoms with van der Waals surface area (Å²) in [6, 6.07) is 10.4. The minimum Gasteiger partial charge on any atom is -0.480 e. The van der Waals surface area contributed by atoms with Gasteiger partial charge in [-0.15, -0.1) is 0 Å². The molecule has 0 spiro atoms. The zero-order valence-corrected chi connectivity index (χ0v) is 21.6. The molecule has 10 heteroatoms. The Balaban J connectivity index is 1.37. The number of amides is 1. The first-order valence-electron chi connectivity index (χ1n) is 12.4. The molecule has 2 atom stereocenters. The van der Waals surface area contributed by atoms with Crippen LogP contribution in [0.3, 0.4) is 0 Å². The van der Waals surface area contributed by atoms with Gasteiger partial charge in [0.2, 0.25) is 5.82 Å². The fraction of sp³-hybridized carbons (Fsp3) is 0.310. The van der Waals surface area contributed by atoms with Crippen molar-refractivity contribution in [3.8, 4) is 11.5 Å². The van der Waals surface area contributed by atoms with Crippen LogP contribution >= 0.6 is 0 Å². The molecule has 1 heterocycles. The van der Waals surface area contributed by atoms with Gasteiger partial charge in [0.1, 0.15) is 6.04 Å². The Hall–Kier alpha value is -4.21. The van der Waals surface area contributed by atoms with Crippen molar-refractivity contribution in [1.82, 2.24) is 15.5 Å². The normalized spacial score (nSPS) is 16.5. The highest BCUT2D eigenvalue weighted by molar-refractivity contribution is 5.96. The van der Waals surface area contributed by atoms with Crippen LogP contribution in [-0.4, -0.2) is 33.2 Å². The number of rotatable bonds is 7. The van der Waals surface area contributed by atoms with E-state index < -0.39 is 29.7 Å². The van der Waals surface area contributed by atoms with Crippen molar-refractivity contribution in [3.05, 3.63) is 89.3 Å². The number of nitrogens with one attached hydrogen (secondary N) is 1. The van der Waals surface area contributed by atoms with Crippen LogP contribution in [0.25, 0.3) is 17.0 Å². The summed E-state index contributed by atoms with van der Waals surface area (Å²) in [6.45, 7) is 6.20. The van der Waals surface area contributed by atoms with Crippen LogP contribution in [0.4, 0.5) is 13.2 Å². The van der Waals surface area contributed by atoms with Crippen LogP contribution in [0.2, 0.25) is 0 Å². The van der Waals surface area contributed by atoms with E-state index >= 15 is 0 Å². The topological polar surface area (TPSA) is 105 Å². The number of allylic oxidation sites excluding steroid dienone is 4. The van der Waals surface area contributed by atoms with E-state index in [0.717, 1.165) is 17.7 Å². The molecule has 7 nitrogen and oxygen atoms in total. The maximum atomic E-state index is 12.8. The Kier molecular flexibility index (Phi) is 7.76. The van der Waals surface area contributed by atoms with E-state index in [-0.39, 0.29) is 29.5 Å². The molecule has 0 bridgehead atoms. The van der Waals surface area contributed by atoms with Gasteiger partial charge < -0.3 is 14.9 Å². The Morgan fingerprint density at radius 3 is 2.23 bits per heavy atom. The minimum atomic E-state index is -4.44. The van der Waals surface area contributed by atoms with Gasteiger partial charge in [-0.25, -0.2) is 4.79 Å². The van der Waals surface area contributed by atoms with Crippen LogP contribution in [-0.2, 0) is 16.4 Å². The number of benzene rings is 2. The molecule has 0 saturated carbocycles. The van der Waals surface area contributed by atoms with Crippen molar-refractivity contribution < 1.29 is 32.4 Å². The number of carboxylic acids is 1. The molecule has 1 amide bonds. The number of nitrogens with zero attached hydrogens (tertiary/aromatic N) is 2. The van der Waals surface area contributed by atoms with Gasteiger partial charge in [0.25, 0.3) is 11.8 Å². The summed E-state index contributed by atoms with van der Waals surface area (Å²) in [5, 5.41) is 16.2. The lowest BCUT2D eigenvalue weighted by atomic mass is 9.86. The highest BCUT2D eigenvalue weighted by Gasteiger charge is 2.30. The first kappa shape index (κ1) is 27.8. The molecule has 0 aliphatic heterocycles. The maximum absolute atomic E-state index is 12.8. The summed E-state index contributed by atoms with van der Waals surface area (Å²) < 4.78 is 43.6. The lowest BCUT2D eigenvalue weighted by molar-refractivity contribution is -0.139. The van der Waals surface area contributed by atoms with Gasteiger partial charge in [0.05, 0.1) is 5.56 Å². The summed E-state index contributed by atoms with van der Waals surface area (Å²) in [6.07, 6.45) is 1.62. The molecular weight excluding hydrogens is 511 g/mol. The summed E-state index contributed by atoms with van der Waals surface area (Å²) in [5.74, 6) is -1.39. The fourth-order valence-corrected chi connectivity index (χ4v) is 4.15. The Morgan fingerprint density at radius 2 is 1.69 bits per heavy atom. The molecule has 1 aliphatic carbocycles. The van der Waals surface area contributed by atoms with Gasteiger partial charge in [-0.05, 0) is 66.1 Å². The third-order valence-corrected chi connectivity index (χ3v) is 6.49.